The molecule has 2 heterocycles. The largest absolute Gasteiger partial charge is 0.497 e. The Kier molecular flexibility index (Phi) is 4.11. The van der Waals surface area contributed by atoms with Crippen LogP contribution in [-0.2, 0) is 6.18 Å². The molecule has 0 saturated carbocycles. The molecule has 2 rings (SSSR count). The summed E-state index contributed by atoms with van der Waals surface area (Å²) in [5.41, 5.74) is -1.74. The normalized spacial score (nSPS) is 12.1. The van der Waals surface area contributed by atoms with Crippen molar-refractivity contribution in [1.82, 2.24) is 14.3 Å². The van der Waals surface area contributed by atoms with E-state index in [0.717, 1.165) is 10.5 Å². The third-order valence-corrected chi connectivity index (χ3v) is 2.86. The fourth-order valence-corrected chi connectivity index (χ4v) is 1.88. The molecule has 22 heavy (non-hydrogen) atoms. The molecular formula is C14H14F3N3O2. The molecule has 2 aromatic rings. The molecule has 5 nitrogen and oxygen atoms in total. The van der Waals surface area contributed by atoms with Crippen LogP contribution in [-0.4, -0.2) is 41.3 Å². The van der Waals surface area contributed by atoms with Gasteiger partial charge in [-0.2, -0.15) is 13.2 Å². The van der Waals surface area contributed by atoms with Gasteiger partial charge in [0.2, 0.25) is 5.78 Å². The van der Waals surface area contributed by atoms with Crippen LogP contribution in [0.15, 0.2) is 30.6 Å². The highest BCUT2D eigenvalue weighted by molar-refractivity contribution is 6.04. The Labute approximate surface area is 124 Å². The van der Waals surface area contributed by atoms with Crippen LogP contribution in [0.5, 0.6) is 5.75 Å². The number of imidazole rings is 1. The number of alkyl halides is 3. The van der Waals surface area contributed by atoms with Gasteiger partial charge in [0, 0.05) is 38.6 Å². The molecule has 0 fully saturated rings. The zero-order valence-corrected chi connectivity index (χ0v) is 12.2. The number of hydrogen-bond donors (Lipinski definition) is 0. The van der Waals surface area contributed by atoms with Crippen molar-refractivity contribution in [2.24, 2.45) is 0 Å². The van der Waals surface area contributed by atoms with Gasteiger partial charge in [-0.05, 0) is 6.07 Å². The van der Waals surface area contributed by atoms with E-state index in [2.05, 4.69) is 4.98 Å². The summed E-state index contributed by atoms with van der Waals surface area (Å²) in [6.45, 7) is 0. The van der Waals surface area contributed by atoms with Crippen LogP contribution in [0.1, 0.15) is 16.2 Å². The number of nitrogens with zero attached hydrogens (tertiary/aromatic N) is 3. The van der Waals surface area contributed by atoms with Crippen LogP contribution in [0, 0.1) is 0 Å². The van der Waals surface area contributed by atoms with E-state index in [9.17, 15) is 18.0 Å². The third-order valence-electron chi connectivity index (χ3n) is 2.86. The quantitative estimate of drug-likeness (QED) is 0.643. The summed E-state index contributed by atoms with van der Waals surface area (Å²) in [6, 6.07) is 2.79. The van der Waals surface area contributed by atoms with E-state index in [4.69, 9.17) is 4.74 Å². The maximum atomic E-state index is 13.1. The van der Waals surface area contributed by atoms with E-state index in [1.807, 2.05) is 0 Å². The molecule has 2 aromatic heterocycles. The highest BCUT2D eigenvalue weighted by Crippen LogP contribution is 2.33. The first-order chi connectivity index (χ1) is 10.2. The highest BCUT2D eigenvalue weighted by Gasteiger charge is 2.39. The Hall–Kier alpha value is -2.51. The Bertz CT molecular complexity index is 733. The number of allylic oxidation sites excluding steroid dienone is 1. The van der Waals surface area contributed by atoms with Crippen LogP contribution >= 0.6 is 0 Å². The minimum Gasteiger partial charge on any atom is -0.497 e. The summed E-state index contributed by atoms with van der Waals surface area (Å²) in [5, 5.41) is 0. The Morgan fingerprint density at radius 1 is 1.41 bits per heavy atom. The van der Waals surface area contributed by atoms with Crippen molar-refractivity contribution in [2.45, 2.75) is 6.18 Å². The van der Waals surface area contributed by atoms with Crippen LogP contribution in [0.4, 0.5) is 13.2 Å². The average Bonchev–Trinajstić information content (AvgIpc) is 2.83. The molecule has 0 aliphatic heterocycles. The summed E-state index contributed by atoms with van der Waals surface area (Å²) < 4.78 is 45.5. The smallest absolute Gasteiger partial charge is 0.435 e. The molecule has 0 radical (unpaired) electrons. The number of halogens is 3. The fourth-order valence-electron chi connectivity index (χ4n) is 1.88. The van der Waals surface area contributed by atoms with Gasteiger partial charge in [0.15, 0.2) is 5.69 Å². The summed E-state index contributed by atoms with van der Waals surface area (Å²) in [6.07, 6.45) is -0.947. The van der Waals surface area contributed by atoms with Crippen molar-refractivity contribution in [2.75, 3.05) is 21.2 Å². The zero-order valence-electron chi connectivity index (χ0n) is 12.2. The van der Waals surface area contributed by atoms with Crippen molar-refractivity contribution in [3.05, 3.63) is 42.0 Å². The lowest BCUT2D eigenvalue weighted by atomic mass is 10.2. The molecular weight excluding hydrogens is 299 g/mol. The van der Waals surface area contributed by atoms with E-state index in [1.54, 1.807) is 19.0 Å². The summed E-state index contributed by atoms with van der Waals surface area (Å²) in [4.78, 5) is 17.2. The predicted octanol–water partition coefficient (Wildman–Crippen LogP) is 2.62. The molecule has 0 spiro atoms. The van der Waals surface area contributed by atoms with Gasteiger partial charge in [-0.3, -0.25) is 9.20 Å². The molecule has 0 bridgehead atoms. The van der Waals surface area contributed by atoms with Crippen molar-refractivity contribution >= 4 is 11.4 Å². The number of aromatic nitrogens is 2. The van der Waals surface area contributed by atoms with Crippen LogP contribution in [0.3, 0.4) is 0 Å². The number of fused-ring (bicyclic) bond motifs is 1. The molecule has 0 N–H and O–H groups in total. The molecule has 0 saturated heterocycles. The fraction of sp³-hybridized carbons (Fsp3) is 0.286. The first kappa shape index (κ1) is 15.9. The number of methoxy groups -OCH3 is 1. The van der Waals surface area contributed by atoms with Gasteiger partial charge < -0.3 is 9.64 Å². The summed E-state index contributed by atoms with van der Waals surface area (Å²) >= 11 is 0. The summed E-state index contributed by atoms with van der Waals surface area (Å²) in [7, 11) is 4.72. The molecule has 0 atom stereocenters. The third kappa shape index (κ3) is 3.05. The van der Waals surface area contributed by atoms with Gasteiger partial charge in [-0.1, -0.05) is 0 Å². The average molecular weight is 313 g/mol. The molecule has 0 aromatic carbocycles. The standard InChI is InChI=1S/C14H14F3N3O2/c1-19(2)6-5-10(21)12-13(14(15,16)17)18-11-8-9(22-3)4-7-20(11)12/h4-8H,1-3H3/b6-5+. The zero-order chi connectivity index (χ0) is 16.5. The van der Waals surface area contributed by atoms with E-state index >= 15 is 0 Å². The first-order valence-electron chi connectivity index (χ1n) is 6.26. The van der Waals surface area contributed by atoms with E-state index in [-0.39, 0.29) is 5.65 Å². The summed E-state index contributed by atoms with van der Waals surface area (Å²) in [5.74, 6) is -0.423. The Balaban J connectivity index is 2.65. The van der Waals surface area contributed by atoms with Gasteiger partial charge >= 0.3 is 6.18 Å². The monoisotopic (exact) mass is 313 g/mol. The van der Waals surface area contributed by atoms with Crippen LogP contribution in [0.25, 0.3) is 5.65 Å². The second-order valence-electron chi connectivity index (χ2n) is 4.75. The number of ketones is 1. The van der Waals surface area contributed by atoms with Gasteiger partial charge in [0.1, 0.15) is 17.1 Å². The number of carbonyl (C=O) groups is 1. The number of rotatable bonds is 4. The van der Waals surface area contributed by atoms with Crippen molar-refractivity contribution < 1.29 is 22.7 Å². The molecule has 0 aliphatic carbocycles. The lowest BCUT2D eigenvalue weighted by Crippen LogP contribution is -2.14. The minimum atomic E-state index is -4.73. The maximum absolute atomic E-state index is 13.1. The van der Waals surface area contributed by atoms with Gasteiger partial charge in [0.05, 0.1) is 7.11 Å². The topological polar surface area (TPSA) is 46.8 Å². The first-order valence-corrected chi connectivity index (χ1v) is 6.26. The minimum absolute atomic E-state index is 0.00622. The molecule has 8 heteroatoms. The predicted molar refractivity (Wildman–Crippen MR) is 73.9 cm³/mol. The second kappa shape index (κ2) is 5.70. The van der Waals surface area contributed by atoms with E-state index in [0.29, 0.717) is 5.75 Å². The lowest BCUT2D eigenvalue weighted by molar-refractivity contribution is -0.141. The van der Waals surface area contributed by atoms with Crippen molar-refractivity contribution in [1.29, 1.82) is 0 Å². The van der Waals surface area contributed by atoms with Gasteiger partial charge in [-0.15, -0.1) is 0 Å². The van der Waals surface area contributed by atoms with Crippen molar-refractivity contribution in [3.8, 4) is 5.75 Å². The molecule has 0 aliphatic rings. The van der Waals surface area contributed by atoms with Gasteiger partial charge in [0.25, 0.3) is 0 Å². The maximum Gasteiger partial charge on any atom is 0.435 e. The number of carbonyl (C=O) groups excluding carboxylic acids is 1. The highest BCUT2D eigenvalue weighted by atomic mass is 19.4. The number of hydrogen-bond acceptors (Lipinski definition) is 4. The number of pyridine rings is 1. The van der Waals surface area contributed by atoms with Crippen molar-refractivity contribution in [3.63, 3.8) is 0 Å². The SMILES string of the molecule is COc1ccn2c(C(=O)/C=C/N(C)C)c(C(F)(F)F)nc2c1. The molecule has 118 valence electrons. The molecule has 0 amide bonds. The molecule has 0 unspecified atom stereocenters. The number of ether oxygens (including phenoxy) is 1. The van der Waals surface area contributed by atoms with E-state index < -0.39 is 23.3 Å². The Morgan fingerprint density at radius 2 is 2.09 bits per heavy atom. The second-order valence-corrected chi connectivity index (χ2v) is 4.75. The van der Waals surface area contributed by atoms with Crippen LogP contribution < -0.4 is 4.74 Å². The van der Waals surface area contributed by atoms with Gasteiger partial charge in [-0.25, -0.2) is 4.98 Å². The lowest BCUT2D eigenvalue weighted by Gasteiger charge is -2.06. The van der Waals surface area contributed by atoms with E-state index in [1.165, 1.54) is 31.6 Å². The Morgan fingerprint density at radius 3 is 2.64 bits per heavy atom. The van der Waals surface area contributed by atoms with Crippen LogP contribution in [0.2, 0.25) is 0 Å².